The lowest BCUT2D eigenvalue weighted by molar-refractivity contribution is 0.0545. The number of piperazine rings is 1. The molecule has 0 amide bonds. The van der Waals surface area contributed by atoms with Gasteiger partial charge >= 0.3 is 0 Å². The molecule has 2 heterocycles. The molecule has 138 valence electrons. The normalized spacial score (nSPS) is 18.2. The summed E-state index contributed by atoms with van der Waals surface area (Å²) in [7, 11) is 0. The fourth-order valence-corrected chi connectivity index (χ4v) is 3.92. The summed E-state index contributed by atoms with van der Waals surface area (Å²) in [6, 6.07) is 6.57. The van der Waals surface area contributed by atoms with Crippen molar-refractivity contribution in [3.05, 3.63) is 29.5 Å². The van der Waals surface area contributed by atoms with Crippen LogP contribution in [-0.2, 0) is 11.8 Å². The van der Waals surface area contributed by atoms with Gasteiger partial charge in [-0.05, 0) is 44.5 Å². The average molecular weight is 344 g/mol. The van der Waals surface area contributed by atoms with Crippen molar-refractivity contribution >= 4 is 11.0 Å². The standard InChI is InChI=1S/C21H33N3O/c1-7-23-10-12-24(13-11-23)21(5,6)15-16-8-9-18-17(14-16)19(22-25-18)20(2,3)4/h8-9,14H,7,10-13,15H2,1-6H3. The second kappa shape index (κ2) is 6.73. The maximum atomic E-state index is 5.54. The molecule has 0 atom stereocenters. The molecule has 0 saturated carbocycles. The molecule has 0 aliphatic carbocycles. The van der Waals surface area contributed by atoms with Gasteiger partial charge in [0.25, 0.3) is 0 Å². The third-order valence-electron chi connectivity index (χ3n) is 5.56. The number of aromatic nitrogens is 1. The number of nitrogens with zero attached hydrogens (tertiary/aromatic N) is 3. The molecule has 1 aromatic heterocycles. The highest BCUT2D eigenvalue weighted by Gasteiger charge is 2.30. The molecular weight excluding hydrogens is 310 g/mol. The molecular formula is C21H33N3O. The molecule has 1 saturated heterocycles. The highest BCUT2D eigenvalue weighted by molar-refractivity contribution is 5.81. The van der Waals surface area contributed by atoms with E-state index in [1.165, 1.54) is 18.7 Å². The molecule has 0 spiro atoms. The maximum absolute atomic E-state index is 5.54. The van der Waals surface area contributed by atoms with Crippen molar-refractivity contribution in [3.8, 4) is 0 Å². The predicted octanol–water partition coefficient (Wildman–Crippen LogP) is 4.08. The molecule has 1 fully saturated rings. The van der Waals surface area contributed by atoms with Crippen molar-refractivity contribution in [3.63, 3.8) is 0 Å². The Labute approximate surface area is 152 Å². The summed E-state index contributed by atoms with van der Waals surface area (Å²) in [6.07, 6.45) is 1.05. The van der Waals surface area contributed by atoms with Gasteiger partial charge in [-0.3, -0.25) is 4.90 Å². The molecule has 4 nitrogen and oxygen atoms in total. The Kier molecular flexibility index (Phi) is 4.95. The second-order valence-electron chi connectivity index (χ2n) is 9.02. The Morgan fingerprint density at radius 2 is 1.72 bits per heavy atom. The van der Waals surface area contributed by atoms with Crippen LogP contribution in [0, 0.1) is 0 Å². The quantitative estimate of drug-likeness (QED) is 0.837. The molecule has 0 bridgehead atoms. The third-order valence-corrected chi connectivity index (χ3v) is 5.56. The van der Waals surface area contributed by atoms with Crippen LogP contribution in [0.15, 0.2) is 22.7 Å². The summed E-state index contributed by atoms with van der Waals surface area (Å²) in [6.45, 7) is 19.4. The number of hydrogen-bond donors (Lipinski definition) is 0. The second-order valence-corrected chi connectivity index (χ2v) is 9.02. The Morgan fingerprint density at radius 1 is 1.04 bits per heavy atom. The Balaban J connectivity index is 1.80. The molecule has 1 aromatic carbocycles. The molecule has 25 heavy (non-hydrogen) atoms. The monoisotopic (exact) mass is 343 g/mol. The number of likely N-dealkylation sites (N-methyl/N-ethyl adjacent to an activating group) is 1. The van der Waals surface area contributed by atoms with Gasteiger partial charge in [0.2, 0.25) is 0 Å². The minimum atomic E-state index is -0.00409. The van der Waals surface area contributed by atoms with E-state index < -0.39 is 0 Å². The molecule has 1 aliphatic rings. The molecule has 0 N–H and O–H groups in total. The summed E-state index contributed by atoms with van der Waals surface area (Å²) in [5.41, 5.74) is 3.47. The predicted molar refractivity (Wildman–Crippen MR) is 104 cm³/mol. The van der Waals surface area contributed by atoms with Crippen LogP contribution in [-0.4, -0.2) is 53.2 Å². The van der Waals surface area contributed by atoms with Crippen LogP contribution in [0.3, 0.4) is 0 Å². The van der Waals surface area contributed by atoms with Gasteiger partial charge in [-0.2, -0.15) is 0 Å². The average Bonchev–Trinajstić information content (AvgIpc) is 2.98. The van der Waals surface area contributed by atoms with Gasteiger partial charge in [-0.15, -0.1) is 0 Å². The summed E-state index contributed by atoms with van der Waals surface area (Å²) in [4.78, 5) is 5.17. The lowest BCUT2D eigenvalue weighted by atomic mass is 9.88. The van der Waals surface area contributed by atoms with Crippen molar-refractivity contribution in [2.45, 2.75) is 58.9 Å². The van der Waals surface area contributed by atoms with Gasteiger partial charge in [-0.25, -0.2) is 0 Å². The molecule has 2 aromatic rings. The molecule has 1 aliphatic heterocycles. The summed E-state index contributed by atoms with van der Waals surface area (Å²) in [5, 5.41) is 5.48. The number of fused-ring (bicyclic) bond motifs is 1. The van der Waals surface area contributed by atoms with Crippen LogP contribution in [0.1, 0.15) is 52.8 Å². The summed E-state index contributed by atoms with van der Waals surface area (Å²) in [5.74, 6) is 0. The topological polar surface area (TPSA) is 32.5 Å². The van der Waals surface area contributed by atoms with Crippen LogP contribution < -0.4 is 0 Å². The van der Waals surface area contributed by atoms with Crippen LogP contribution in [0.4, 0.5) is 0 Å². The molecule has 0 radical (unpaired) electrons. The summed E-state index contributed by atoms with van der Waals surface area (Å²) < 4.78 is 5.54. The Hall–Kier alpha value is -1.39. The van der Waals surface area contributed by atoms with E-state index in [-0.39, 0.29) is 11.0 Å². The van der Waals surface area contributed by atoms with Crippen molar-refractivity contribution in [2.75, 3.05) is 32.7 Å². The lowest BCUT2D eigenvalue weighted by Crippen LogP contribution is -2.55. The van der Waals surface area contributed by atoms with E-state index in [1.807, 2.05) is 0 Å². The van der Waals surface area contributed by atoms with Crippen molar-refractivity contribution in [1.82, 2.24) is 15.0 Å². The maximum Gasteiger partial charge on any atom is 0.167 e. The first-order valence-electron chi connectivity index (χ1n) is 9.57. The Bertz CT molecular complexity index is 718. The largest absolute Gasteiger partial charge is 0.356 e. The van der Waals surface area contributed by atoms with Crippen molar-refractivity contribution in [2.24, 2.45) is 0 Å². The molecule has 0 unspecified atom stereocenters. The fourth-order valence-electron chi connectivity index (χ4n) is 3.92. The van der Waals surface area contributed by atoms with E-state index in [4.69, 9.17) is 4.52 Å². The van der Waals surface area contributed by atoms with Crippen LogP contribution in [0.25, 0.3) is 11.0 Å². The first-order chi connectivity index (χ1) is 11.7. The lowest BCUT2D eigenvalue weighted by Gasteiger charge is -2.44. The van der Waals surface area contributed by atoms with Gasteiger partial charge < -0.3 is 9.42 Å². The van der Waals surface area contributed by atoms with E-state index >= 15 is 0 Å². The minimum absolute atomic E-state index is 0.00409. The number of hydrogen-bond acceptors (Lipinski definition) is 4. The minimum Gasteiger partial charge on any atom is -0.356 e. The first kappa shape index (κ1) is 18.4. The van der Waals surface area contributed by atoms with Gasteiger partial charge in [-0.1, -0.05) is 38.9 Å². The Morgan fingerprint density at radius 3 is 2.32 bits per heavy atom. The van der Waals surface area contributed by atoms with Gasteiger partial charge in [0.15, 0.2) is 5.58 Å². The first-order valence-corrected chi connectivity index (χ1v) is 9.57. The fraction of sp³-hybridized carbons (Fsp3) is 0.667. The van der Waals surface area contributed by atoms with Crippen molar-refractivity contribution in [1.29, 1.82) is 0 Å². The van der Waals surface area contributed by atoms with Crippen LogP contribution >= 0.6 is 0 Å². The van der Waals surface area contributed by atoms with Gasteiger partial charge in [0.05, 0.1) is 5.69 Å². The zero-order valence-corrected chi connectivity index (χ0v) is 16.7. The number of benzene rings is 1. The van der Waals surface area contributed by atoms with E-state index in [1.54, 1.807) is 0 Å². The highest BCUT2D eigenvalue weighted by Crippen LogP contribution is 2.31. The van der Waals surface area contributed by atoms with Crippen LogP contribution in [0.2, 0.25) is 0 Å². The van der Waals surface area contributed by atoms with E-state index in [0.29, 0.717) is 0 Å². The zero-order valence-electron chi connectivity index (χ0n) is 16.7. The smallest absolute Gasteiger partial charge is 0.167 e. The van der Waals surface area contributed by atoms with Gasteiger partial charge in [0, 0.05) is 42.5 Å². The third kappa shape index (κ3) is 3.90. The molecule has 4 heteroatoms. The highest BCUT2D eigenvalue weighted by atomic mass is 16.5. The van der Waals surface area contributed by atoms with Crippen molar-refractivity contribution < 1.29 is 4.52 Å². The SMILES string of the molecule is CCN1CCN(C(C)(C)Cc2ccc3onc(C(C)(C)C)c3c2)CC1. The summed E-state index contributed by atoms with van der Waals surface area (Å²) >= 11 is 0. The molecule has 3 rings (SSSR count). The van der Waals surface area contributed by atoms with Crippen LogP contribution in [0.5, 0.6) is 0 Å². The van der Waals surface area contributed by atoms with E-state index in [0.717, 1.165) is 42.7 Å². The van der Waals surface area contributed by atoms with E-state index in [2.05, 4.69) is 74.7 Å². The van der Waals surface area contributed by atoms with E-state index in [9.17, 15) is 0 Å². The van der Waals surface area contributed by atoms with Gasteiger partial charge in [0.1, 0.15) is 0 Å². The number of rotatable bonds is 4. The zero-order chi connectivity index (χ0) is 18.2.